The Morgan fingerprint density at radius 1 is 1.28 bits per heavy atom. The molecule has 0 amide bonds. The zero-order valence-corrected chi connectivity index (χ0v) is 11.2. The van der Waals surface area contributed by atoms with E-state index in [-0.39, 0.29) is 0 Å². The number of nitrogens with one attached hydrogen (secondary N) is 1. The van der Waals surface area contributed by atoms with Crippen LogP contribution in [-0.2, 0) is 0 Å². The molecule has 0 saturated heterocycles. The molecule has 0 saturated carbocycles. The molecule has 0 radical (unpaired) electrons. The second kappa shape index (κ2) is 5.27. The standard InChI is InChI=1S/C14H16ClN3/c1-9(2)11-5-3-4-6-13(11)18-14-12(15)7-10(16)8-17-14/h3-9H,16H2,1-2H3,(H,17,18). The van der Waals surface area contributed by atoms with Gasteiger partial charge in [0.1, 0.15) is 5.82 Å². The van der Waals surface area contributed by atoms with Crippen LogP contribution in [-0.4, -0.2) is 4.98 Å². The molecular weight excluding hydrogens is 246 g/mol. The second-order valence-corrected chi connectivity index (χ2v) is 4.87. The molecule has 3 N–H and O–H groups in total. The number of pyridine rings is 1. The maximum atomic E-state index is 6.11. The van der Waals surface area contributed by atoms with Crippen LogP contribution < -0.4 is 11.1 Å². The van der Waals surface area contributed by atoms with Crippen LogP contribution in [0.15, 0.2) is 36.5 Å². The Hall–Kier alpha value is -1.74. The second-order valence-electron chi connectivity index (χ2n) is 4.47. The van der Waals surface area contributed by atoms with Crippen molar-refractivity contribution >= 4 is 28.8 Å². The molecule has 3 nitrogen and oxygen atoms in total. The van der Waals surface area contributed by atoms with Crippen molar-refractivity contribution in [3.8, 4) is 0 Å². The molecular formula is C14H16ClN3. The van der Waals surface area contributed by atoms with Crippen molar-refractivity contribution in [1.82, 2.24) is 4.98 Å². The Balaban J connectivity index is 2.34. The molecule has 0 aliphatic heterocycles. The first-order valence-electron chi connectivity index (χ1n) is 5.85. The molecule has 1 aromatic carbocycles. The SMILES string of the molecule is CC(C)c1ccccc1Nc1ncc(N)cc1Cl. The van der Waals surface area contributed by atoms with Gasteiger partial charge < -0.3 is 11.1 Å². The van der Waals surface area contributed by atoms with Crippen molar-refractivity contribution in [2.45, 2.75) is 19.8 Å². The van der Waals surface area contributed by atoms with E-state index in [0.717, 1.165) is 5.69 Å². The fraction of sp³-hybridized carbons (Fsp3) is 0.214. The molecule has 1 aromatic heterocycles. The van der Waals surface area contributed by atoms with E-state index in [1.807, 2.05) is 18.2 Å². The summed E-state index contributed by atoms with van der Waals surface area (Å²) in [7, 11) is 0. The number of rotatable bonds is 3. The van der Waals surface area contributed by atoms with Crippen LogP contribution in [0.1, 0.15) is 25.3 Å². The maximum absolute atomic E-state index is 6.11. The van der Waals surface area contributed by atoms with E-state index >= 15 is 0 Å². The predicted molar refractivity (Wildman–Crippen MR) is 77.5 cm³/mol. The summed E-state index contributed by atoms with van der Waals surface area (Å²) in [6.45, 7) is 4.30. The third kappa shape index (κ3) is 2.74. The molecule has 1 heterocycles. The summed E-state index contributed by atoms with van der Waals surface area (Å²) >= 11 is 6.11. The van der Waals surface area contributed by atoms with E-state index in [4.69, 9.17) is 17.3 Å². The minimum absolute atomic E-state index is 0.432. The van der Waals surface area contributed by atoms with E-state index in [1.54, 1.807) is 12.3 Å². The number of hydrogen-bond donors (Lipinski definition) is 2. The Morgan fingerprint density at radius 3 is 2.67 bits per heavy atom. The van der Waals surface area contributed by atoms with Crippen LogP contribution >= 0.6 is 11.6 Å². The van der Waals surface area contributed by atoms with Gasteiger partial charge in [-0.05, 0) is 23.6 Å². The van der Waals surface area contributed by atoms with E-state index < -0.39 is 0 Å². The molecule has 0 aliphatic carbocycles. The number of para-hydroxylation sites is 1. The van der Waals surface area contributed by atoms with Gasteiger partial charge in [-0.1, -0.05) is 43.6 Å². The van der Waals surface area contributed by atoms with Crippen molar-refractivity contribution < 1.29 is 0 Å². The summed E-state index contributed by atoms with van der Waals surface area (Å²) < 4.78 is 0. The van der Waals surface area contributed by atoms with E-state index in [0.29, 0.717) is 22.4 Å². The van der Waals surface area contributed by atoms with Crippen LogP contribution in [0.5, 0.6) is 0 Å². The lowest BCUT2D eigenvalue weighted by Crippen LogP contribution is -2.00. The minimum Gasteiger partial charge on any atom is -0.397 e. The Morgan fingerprint density at radius 2 is 2.00 bits per heavy atom. The molecule has 0 unspecified atom stereocenters. The number of hydrogen-bond acceptors (Lipinski definition) is 3. The van der Waals surface area contributed by atoms with Crippen LogP contribution in [0.2, 0.25) is 5.02 Å². The summed E-state index contributed by atoms with van der Waals surface area (Å²) in [5, 5.41) is 3.77. The summed E-state index contributed by atoms with van der Waals surface area (Å²) in [6, 6.07) is 9.81. The Bertz CT molecular complexity index is 552. The van der Waals surface area contributed by atoms with Gasteiger partial charge >= 0.3 is 0 Å². The highest BCUT2D eigenvalue weighted by Crippen LogP contribution is 2.29. The lowest BCUT2D eigenvalue weighted by molar-refractivity contribution is 0.869. The highest BCUT2D eigenvalue weighted by atomic mass is 35.5. The van der Waals surface area contributed by atoms with E-state index in [1.165, 1.54) is 5.56 Å². The fourth-order valence-corrected chi connectivity index (χ4v) is 2.01. The summed E-state index contributed by atoms with van der Waals surface area (Å²) in [4.78, 5) is 4.21. The first kappa shape index (κ1) is 12.7. The highest BCUT2D eigenvalue weighted by Gasteiger charge is 2.08. The van der Waals surface area contributed by atoms with E-state index in [2.05, 4.69) is 30.2 Å². The van der Waals surface area contributed by atoms with Crippen LogP contribution in [0.3, 0.4) is 0 Å². The summed E-state index contributed by atoms with van der Waals surface area (Å²) in [6.07, 6.45) is 1.59. The van der Waals surface area contributed by atoms with Crippen molar-refractivity contribution in [3.63, 3.8) is 0 Å². The lowest BCUT2D eigenvalue weighted by Gasteiger charge is -2.14. The molecule has 94 valence electrons. The van der Waals surface area contributed by atoms with Crippen molar-refractivity contribution in [3.05, 3.63) is 47.1 Å². The number of aromatic nitrogens is 1. The van der Waals surface area contributed by atoms with Gasteiger partial charge in [-0.2, -0.15) is 0 Å². The molecule has 0 spiro atoms. The fourth-order valence-electron chi connectivity index (χ4n) is 1.79. The zero-order chi connectivity index (χ0) is 13.1. The smallest absolute Gasteiger partial charge is 0.149 e. The molecule has 0 fully saturated rings. The van der Waals surface area contributed by atoms with Gasteiger partial charge in [-0.25, -0.2) is 4.98 Å². The molecule has 2 rings (SSSR count). The van der Waals surface area contributed by atoms with Crippen molar-refractivity contribution in [2.24, 2.45) is 0 Å². The molecule has 4 heteroatoms. The molecule has 2 aromatic rings. The average Bonchev–Trinajstić information content (AvgIpc) is 2.33. The van der Waals surface area contributed by atoms with Crippen molar-refractivity contribution in [1.29, 1.82) is 0 Å². The maximum Gasteiger partial charge on any atom is 0.149 e. The van der Waals surface area contributed by atoms with Gasteiger partial charge in [0, 0.05) is 5.69 Å². The van der Waals surface area contributed by atoms with Crippen LogP contribution in [0, 0.1) is 0 Å². The number of nitrogens with two attached hydrogens (primary N) is 1. The van der Waals surface area contributed by atoms with Crippen LogP contribution in [0.25, 0.3) is 0 Å². The van der Waals surface area contributed by atoms with Gasteiger partial charge in [0.2, 0.25) is 0 Å². The third-order valence-electron chi connectivity index (χ3n) is 2.70. The largest absolute Gasteiger partial charge is 0.397 e. The monoisotopic (exact) mass is 261 g/mol. The van der Waals surface area contributed by atoms with Gasteiger partial charge in [-0.15, -0.1) is 0 Å². The van der Waals surface area contributed by atoms with Gasteiger partial charge in [0.05, 0.1) is 16.9 Å². The van der Waals surface area contributed by atoms with Gasteiger partial charge in [-0.3, -0.25) is 0 Å². The molecule has 0 bridgehead atoms. The van der Waals surface area contributed by atoms with Gasteiger partial charge in [0.25, 0.3) is 0 Å². The lowest BCUT2D eigenvalue weighted by atomic mass is 10.0. The Labute approximate surface area is 112 Å². The zero-order valence-electron chi connectivity index (χ0n) is 10.4. The number of halogens is 1. The number of anilines is 3. The van der Waals surface area contributed by atoms with Crippen LogP contribution in [0.4, 0.5) is 17.2 Å². The van der Waals surface area contributed by atoms with Gasteiger partial charge in [0.15, 0.2) is 0 Å². The molecule has 18 heavy (non-hydrogen) atoms. The summed E-state index contributed by atoms with van der Waals surface area (Å²) in [5.74, 6) is 1.06. The molecule has 0 atom stereocenters. The highest BCUT2D eigenvalue weighted by molar-refractivity contribution is 6.33. The average molecular weight is 262 g/mol. The minimum atomic E-state index is 0.432. The first-order chi connectivity index (χ1) is 8.58. The van der Waals surface area contributed by atoms with Crippen molar-refractivity contribution in [2.75, 3.05) is 11.1 Å². The summed E-state index contributed by atoms with van der Waals surface area (Å²) in [5.41, 5.74) is 8.43. The van der Waals surface area contributed by atoms with E-state index in [9.17, 15) is 0 Å². The number of nitrogens with zero attached hydrogens (tertiary/aromatic N) is 1. The normalized spacial score (nSPS) is 10.7. The number of nitrogen functional groups attached to an aromatic ring is 1. The number of benzene rings is 1. The Kier molecular flexibility index (Phi) is 3.72. The third-order valence-corrected chi connectivity index (χ3v) is 2.99. The molecule has 0 aliphatic rings. The predicted octanol–water partition coefficient (Wildman–Crippen LogP) is 4.18. The quantitative estimate of drug-likeness (QED) is 0.871. The first-order valence-corrected chi connectivity index (χ1v) is 6.22. The topological polar surface area (TPSA) is 50.9 Å².